The molecular formula is C10H24NO3Si+. The first-order valence-electron chi connectivity index (χ1n) is 5.21. The summed E-state index contributed by atoms with van der Waals surface area (Å²) in [7, 11) is 4.76. The van der Waals surface area contributed by atoms with E-state index in [9.17, 15) is 0 Å². The van der Waals surface area contributed by atoms with Crippen molar-refractivity contribution in [1.29, 1.82) is 0 Å². The van der Waals surface area contributed by atoms with E-state index in [0.29, 0.717) is 0 Å². The average molecular weight is 234 g/mol. The van der Waals surface area contributed by atoms with Gasteiger partial charge in [-0.25, -0.2) is 0 Å². The molecule has 0 aromatic rings. The number of rotatable bonds is 9. The Labute approximate surface area is 94.2 Å². The Morgan fingerprint density at radius 2 is 1.73 bits per heavy atom. The molecule has 0 fully saturated rings. The van der Waals surface area contributed by atoms with Gasteiger partial charge in [-0.15, -0.1) is 0 Å². The van der Waals surface area contributed by atoms with Crippen LogP contribution in [0.2, 0.25) is 6.04 Å². The molecule has 1 unspecified atom stereocenters. The molecule has 4 nitrogen and oxygen atoms in total. The first-order chi connectivity index (χ1) is 7.14. The van der Waals surface area contributed by atoms with Crippen LogP contribution in [0.1, 0.15) is 6.42 Å². The molecule has 0 aliphatic heterocycles. The van der Waals surface area contributed by atoms with E-state index in [-0.39, 0.29) is 0 Å². The summed E-state index contributed by atoms with van der Waals surface area (Å²) in [5, 5.41) is 0. The summed E-state index contributed by atoms with van der Waals surface area (Å²) in [6.45, 7) is 5.79. The van der Waals surface area contributed by atoms with Gasteiger partial charge >= 0.3 is 8.80 Å². The minimum atomic E-state index is -2.35. The van der Waals surface area contributed by atoms with Gasteiger partial charge in [0.25, 0.3) is 0 Å². The minimum Gasteiger partial charge on any atom is -0.377 e. The Hall–Kier alpha value is -0.203. The normalized spacial score (nSPS) is 13.9. The molecular weight excluding hydrogens is 210 g/mol. The van der Waals surface area contributed by atoms with Crippen molar-refractivity contribution in [2.24, 2.45) is 0 Å². The van der Waals surface area contributed by atoms with Crippen LogP contribution in [-0.2, 0) is 13.3 Å². The Kier molecular flexibility index (Phi) is 7.90. The molecule has 0 amide bonds. The zero-order chi connectivity index (χ0) is 11.7. The topological polar surface area (TPSA) is 32.1 Å². The minimum absolute atomic E-state index is 0.866. The third kappa shape index (κ3) is 5.43. The van der Waals surface area contributed by atoms with E-state index < -0.39 is 8.80 Å². The second-order valence-corrected chi connectivity index (χ2v) is 6.69. The highest BCUT2D eigenvalue weighted by Crippen LogP contribution is 2.13. The van der Waals surface area contributed by atoms with E-state index in [0.717, 1.165) is 25.6 Å². The third-order valence-corrected chi connectivity index (χ3v) is 5.34. The van der Waals surface area contributed by atoms with E-state index in [4.69, 9.17) is 13.3 Å². The van der Waals surface area contributed by atoms with Crippen LogP contribution in [0.3, 0.4) is 0 Å². The van der Waals surface area contributed by atoms with Crippen LogP contribution in [0.4, 0.5) is 0 Å². The highest BCUT2D eigenvalue weighted by Gasteiger charge is 2.37. The summed E-state index contributed by atoms with van der Waals surface area (Å²) < 4.78 is 16.0. The van der Waals surface area contributed by atoms with Crippen LogP contribution in [0.25, 0.3) is 0 Å². The third-order valence-electron chi connectivity index (χ3n) is 2.51. The molecule has 0 heterocycles. The Balaban J connectivity index is 3.85. The molecule has 0 aliphatic carbocycles. The fourth-order valence-corrected chi connectivity index (χ4v) is 3.23. The highest BCUT2D eigenvalue weighted by molar-refractivity contribution is 6.60. The lowest BCUT2D eigenvalue weighted by Crippen LogP contribution is -3.08. The van der Waals surface area contributed by atoms with Gasteiger partial charge in [-0.05, 0) is 6.08 Å². The molecule has 0 aromatic carbocycles. The maximum Gasteiger partial charge on any atom is 0.500 e. The largest absolute Gasteiger partial charge is 0.500 e. The van der Waals surface area contributed by atoms with Crippen molar-refractivity contribution in [2.45, 2.75) is 12.5 Å². The SMILES string of the molecule is C=CC[NH+](C)CCC[Si](OC)(OC)OC. The van der Waals surface area contributed by atoms with Crippen molar-refractivity contribution in [2.75, 3.05) is 41.5 Å². The maximum absolute atomic E-state index is 5.34. The summed E-state index contributed by atoms with van der Waals surface area (Å²) in [6, 6.07) is 0.866. The lowest BCUT2D eigenvalue weighted by Gasteiger charge is -2.24. The van der Waals surface area contributed by atoms with Crippen molar-refractivity contribution < 1.29 is 18.2 Å². The Bertz CT molecular complexity index is 166. The second-order valence-electron chi connectivity index (χ2n) is 3.60. The van der Waals surface area contributed by atoms with E-state index in [1.165, 1.54) is 4.90 Å². The van der Waals surface area contributed by atoms with Gasteiger partial charge in [0, 0.05) is 33.8 Å². The van der Waals surface area contributed by atoms with Crippen LogP contribution in [0.15, 0.2) is 12.7 Å². The molecule has 0 aliphatic rings. The first kappa shape index (κ1) is 14.8. The highest BCUT2D eigenvalue weighted by atomic mass is 28.4. The second kappa shape index (κ2) is 8.01. The quantitative estimate of drug-likeness (QED) is 0.449. The van der Waals surface area contributed by atoms with E-state index in [1.54, 1.807) is 21.3 Å². The van der Waals surface area contributed by atoms with E-state index >= 15 is 0 Å². The number of hydrogen-bond acceptors (Lipinski definition) is 3. The van der Waals surface area contributed by atoms with E-state index in [2.05, 4.69) is 13.6 Å². The Morgan fingerprint density at radius 1 is 1.20 bits per heavy atom. The van der Waals surface area contributed by atoms with Crippen molar-refractivity contribution >= 4 is 8.80 Å². The van der Waals surface area contributed by atoms with Crippen molar-refractivity contribution in [1.82, 2.24) is 0 Å². The number of nitrogens with one attached hydrogen (secondary N) is 1. The molecule has 0 rings (SSSR count). The molecule has 1 N–H and O–H groups in total. The van der Waals surface area contributed by atoms with Gasteiger partial charge in [-0.2, -0.15) is 0 Å². The molecule has 15 heavy (non-hydrogen) atoms. The number of hydrogen-bond donors (Lipinski definition) is 1. The molecule has 0 radical (unpaired) electrons. The summed E-state index contributed by atoms with van der Waals surface area (Å²) in [5.41, 5.74) is 0. The lowest BCUT2D eigenvalue weighted by molar-refractivity contribution is -0.873. The van der Waals surface area contributed by atoms with Crippen LogP contribution >= 0.6 is 0 Å². The zero-order valence-electron chi connectivity index (χ0n) is 10.3. The molecule has 1 atom stereocenters. The van der Waals surface area contributed by atoms with Crippen molar-refractivity contribution in [3.05, 3.63) is 12.7 Å². The summed E-state index contributed by atoms with van der Waals surface area (Å²) in [6.07, 6.45) is 2.98. The van der Waals surface area contributed by atoms with Gasteiger partial charge < -0.3 is 18.2 Å². The molecule has 0 saturated carbocycles. The van der Waals surface area contributed by atoms with Gasteiger partial charge in [0.1, 0.15) is 0 Å². The fraction of sp³-hybridized carbons (Fsp3) is 0.800. The Morgan fingerprint density at radius 3 is 2.13 bits per heavy atom. The fourth-order valence-electron chi connectivity index (χ4n) is 1.51. The maximum atomic E-state index is 5.34. The van der Waals surface area contributed by atoms with Crippen molar-refractivity contribution in [3.8, 4) is 0 Å². The monoisotopic (exact) mass is 234 g/mol. The van der Waals surface area contributed by atoms with Crippen LogP contribution in [0.5, 0.6) is 0 Å². The molecule has 90 valence electrons. The molecule has 0 saturated heterocycles. The van der Waals surface area contributed by atoms with Crippen LogP contribution in [0, 0.1) is 0 Å². The molecule has 0 aromatic heterocycles. The molecule has 0 spiro atoms. The predicted molar refractivity (Wildman–Crippen MR) is 63.0 cm³/mol. The number of likely N-dealkylation sites (N-methyl/N-ethyl adjacent to an activating group) is 1. The smallest absolute Gasteiger partial charge is 0.377 e. The summed E-state index contributed by atoms with van der Waals surface area (Å²) in [5.74, 6) is 0. The standard InChI is InChI=1S/C10H23NO3Si/c1-6-8-11(2)9-7-10-15(12-3,13-4)14-5/h6H,1,7-10H2,2-5H3/p+1. The summed E-state index contributed by atoms with van der Waals surface area (Å²) >= 11 is 0. The van der Waals surface area contributed by atoms with Crippen LogP contribution in [-0.4, -0.2) is 50.3 Å². The zero-order valence-corrected chi connectivity index (χ0v) is 11.3. The average Bonchev–Trinajstić information content (AvgIpc) is 2.25. The molecule has 5 heteroatoms. The van der Waals surface area contributed by atoms with Gasteiger partial charge in [0.05, 0.1) is 20.1 Å². The van der Waals surface area contributed by atoms with E-state index in [1.807, 2.05) is 6.08 Å². The van der Waals surface area contributed by atoms with Gasteiger partial charge in [-0.3, -0.25) is 0 Å². The van der Waals surface area contributed by atoms with Gasteiger partial charge in [-0.1, -0.05) is 6.58 Å². The lowest BCUT2D eigenvalue weighted by atomic mass is 10.4. The van der Waals surface area contributed by atoms with Crippen molar-refractivity contribution in [3.63, 3.8) is 0 Å². The van der Waals surface area contributed by atoms with Crippen LogP contribution < -0.4 is 4.90 Å². The summed E-state index contributed by atoms with van der Waals surface area (Å²) in [4.78, 5) is 1.44. The predicted octanol–water partition coefficient (Wildman–Crippen LogP) is -0.0447. The number of quaternary nitrogens is 1. The van der Waals surface area contributed by atoms with Gasteiger partial charge in [0.2, 0.25) is 0 Å². The van der Waals surface area contributed by atoms with Gasteiger partial charge in [0.15, 0.2) is 0 Å². The molecule has 0 bridgehead atoms. The first-order valence-corrected chi connectivity index (χ1v) is 7.15.